The third-order valence-electron chi connectivity index (χ3n) is 1.78. The molecule has 0 amide bonds. The minimum absolute atomic E-state index is 0.138. The molecule has 0 aliphatic carbocycles. The highest BCUT2D eigenvalue weighted by Gasteiger charge is 2.34. The molecule has 0 saturated heterocycles. The molecule has 1 heterocycles. The summed E-state index contributed by atoms with van der Waals surface area (Å²) in [5.41, 5.74) is -1.42. The third-order valence-corrected chi connectivity index (χ3v) is 1.99. The van der Waals surface area contributed by atoms with Gasteiger partial charge in [0.25, 0.3) is 0 Å². The van der Waals surface area contributed by atoms with E-state index < -0.39 is 29.8 Å². The molecule has 0 unspecified atom stereocenters. The standard InChI is InChI=1S/C9H7ClF3NO2/c1-16-8(15)3-7-6(9(11,12)13)2-5(10)4-14-7/h2,4H,3H2,1H3. The first kappa shape index (κ1) is 12.8. The molecule has 7 heteroatoms. The Balaban J connectivity index is 3.13. The van der Waals surface area contributed by atoms with E-state index in [0.29, 0.717) is 0 Å². The smallest absolute Gasteiger partial charge is 0.418 e. The molecule has 0 aliphatic rings. The van der Waals surface area contributed by atoms with Gasteiger partial charge >= 0.3 is 12.1 Å². The number of aromatic nitrogens is 1. The normalized spacial score (nSPS) is 11.3. The van der Waals surface area contributed by atoms with Gasteiger partial charge in [-0.1, -0.05) is 11.6 Å². The van der Waals surface area contributed by atoms with E-state index in [9.17, 15) is 18.0 Å². The highest BCUT2D eigenvalue weighted by molar-refractivity contribution is 6.30. The summed E-state index contributed by atoms with van der Waals surface area (Å²) >= 11 is 5.41. The number of rotatable bonds is 2. The minimum Gasteiger partial charge on any atom is -0.469 e. The number of nitrogens with zero attached hydrogens (tertiary/aromatic N) is 1. The number of ether oxygens (including phenoxy) is 1. The lowest BCUT2D eigenvalue weighted by molar-refractivity contribution is -0.141. The van der Waals surface area contributed by atoms with E-state index in [2.05, 4.69) is 9.72 Å². The van der Waals surface area contributed by atoms with Crippen LogP contribution in [-0.2, 0) is 22.1 Å². The molecular formula is C9H7ClF3NO2. The number of hydrogen-bond acceptors (Lipinski definition) is 3. The average molecular weight is 254 g/mol. The fourth-order valence-electron chi connectivity index (χ4n) is 1.06. The van der Waals surface area contributed by atoms with E-state index in [0.717, 1.165) is 19.4 Å². The van der Waals surface area contributed by atoms with Crippen molar-refractivity contribution >= 4 is 17.6 Å². The average Bonchev–Trinajstić information content (AvgIpc) is 2.19. The molecule has 0 atom stereocenters. The molecule has 0 radical (unpaired) electrons. The maximum Gasteiger partial charge on any atom is 0.418 e. The molecule has 0 bridgehead atoms. The lowest BCUT2D eigenvalue weighted by atomic mass is 10.1. The number of halogens is 4. The number of alkyl halides is 3. The fourth-order valence-corrected chi connectivity index (χ4v) is 1.22. The van der Waals surface area contributed by atoms with Gasteiger partial charge in [-0.25, -0.2) is 0 Å². The predicted molar refractivity (Wildman–Crippen MR) is 50.0 cm³/mol. The monoisotopic (exact) mass is 253 g/mol. The number of hydrogen-bond donors (Lipinski definition) is 0. The van der Waals surface area contributed by atoms with Crippen molar-refractivity contribution in [2.45, 2.75) is 12.6 Å². The first-order valence-electron chi connectivity index (χ1n) is 4.13. The van der Waals surface area contributed by atoms with E-state index in [1.165, 1.54) is 0 Å². The summed E-state index contributed by atoms with van der Waals surface area (Å²) < 4.78 is 41.9. The van der Waals surface area contributed by atoms with Crippen LogP contribution in [0, 0.1) is 0 Å². The summed E-state index contributed by atoms with van der Waals surface area (Å²) in [6.45, 7) is 0. The van der Waals surface area contributed by atoms with Crippen LogP contribution in [0.2, 0.25) is 5.02 Å². The summed E-state index contributed by atoms with van der Waals surface area (Å²) in [6.07, 6.45) is -4.08. The van der Waals surface area contributed by atoms with E-state index in [1.54, 1.807) is 0 Å². The molecular weight excluding hydrogens is 247 g/mol. The van der Waals surface area contributed by atoms with Crippen LogP contribution in [0.5, 0.6) is 0 Å². The Morgan fingerprint density at radius 2 is 2.19 bits per heavy atom. The van der Waals surface area contributed by atoms with Crippen LogP contribution in [-0.4, -0.2) is 18.1 Å². The van der Waals surface area contributed by atoms with Crippen molar-refractivity contribution in [3.63, 3.8) is 0 Å². The number of methoxy groups -OCH3 is 1. The second kappa shape index (κ2) is 4.69. The fraction of sp³-hybridized carbons (Fsp3) is 0.333. The zero-order chi connectivity index (χ0) is 12.3. The number of esters is 1. The van der Waals surface area contributed by atoms with E-state index in [-0.39, 0.29) is 5.02 Å². The topological polar surface area (TPSA) is 39.2 Å². The molecule has 0 aromatic carbocycles. The molecule has 88 valence electrons. The number of pyridine rings is 1. The van der Waals surface area contributed by atoms with Crippen molar-refractivity contribution in [2.75, 3.05) is 7.11 Å². The van der Waals surface area contributed by atoms with Crippen LogP contribution in [0.15, 0.2) is 12.3 Å². The second-order valence-corrected chi connectivity index (χ2v) is 3.33. The molecule has 1 rings (SSSR count). The number of carbonyl (C=O) groups excluding carboxylic acids is 1. The Hall–Kier alpha value is -1.30. The molecule has 16 heavy (non-hydrogen) atoms. The van der Waals surface area contributed by atoms with Gasteiger partial charge in [0.05, 0.1) is 29.8 Å². The van der Waals surface area contributed by atoms with E-state index in [1.807, 2.05) is 0 Å². The Morgan fingerprint density at radius 1 is 1.56 bits per heavy atom. The molecule has 0 fully saturated rings. The Morgan fingerprint density at radius 3 is 2.69 bits per heavy atom. The zero-order valence-electron chi connectivity index (χ0n) is 8.14. The van der Waals surface area contributed by atoms with Gasteiger partial charge in [-0.15, -0.1) is 0 Å². The first-order valence-corrected chi connectivity index (χ1v) is 4.51. The lowest BCUT2D eigenvalue weighted by Crippen LogP contribution is -2.15. The quantitative estimate of drug-likeness (QED) is 0.760. The Kier molecular flexibility index (Phi) is 3.74. The van der Waals surface area contributed by atoms with Gasteiger partial charge < -0.3 is 4.74 Å². The van der Waals surface area contributed by atoms with Crippen LogP contribution in [0.4, 0.5) is 13.2 Å². The van der Waals surface area contributed by atoms with Gasteiger partial charge in [0.2, 0.25) is 0 Å². The van der Waals surface area contributed by atoms with Crippen LogP contribution in [0.1, 0.15) is 11.3 Å². The summed E-state index contributed by atoms with van der Waals surface area (Å²) in [6, 6.07) is 0.729. The predicted octanol–water partition coefficient (Wildman–Crippen LogP) is 2.47. The highest BCUT2D eigenvalue weighted by atomic mass is 35.5. The molecule has 0 N–H and O–H groups in total. The van der Waals surface area contributed by atoms with Crippen molar-refractivity contribution < 1.29 is 22.7 Å². The largest absolute Gasteiger partial charge is 0.469 e. The maximum atomic E-state index is 12.5. The van der Waals surface area contributed by atoms with Crippen molar-refractivity contribution in [3.8, 4) is 0 Å². The van der Waals surface area contributed by atoms with E-state index in [4.69, 9.17) is 11.6 Å². The summed E-state index contributed by atoms with van der Waals surface area (Å²) in [4.78, 5) is 14.4. The van der Waals surface area contributed by atoms with Gasteiger partial charge in [0.1, 0.15) is 0 Å². The Labute approximate surface area is 94.2 Å². The van der Waals surface area contributed by atoms with Gasteiger partial charge in [-0.05, 0) is 6.07 Å². The SMILES string of the molecule is COC(=O)Cc1ncc(Cl)cc1C(F)(F)F. The second-order valence-electron chi connectivity index (χ2n) is 2.90. The van der Waals surface area contributed by atoms with Crippen molar-refractivity contribution in [3.05, 3.63) is 28.5 Å². The van der Waals surface area contributed by atoms with Gasteiger partial charge in [-0.3, -0.25) is 9.78 Å². The first-order chi connectivity index (χ1) is 7.34. The Bertz CT molecular complexity index is 406. The van der Waals surface area contributed by atoms with Crippen LogP contribution >= 0.6 is 11.6 Å². The molecule has 1 aromatic rings. The van der Waals surface area contributed by atoms with Crippen molar-refractivity contribution in [1.82, 2.24) is 4.98 Å². The van der Waals surface area contributed by atoms with Gasteiger partial charge in [0.15, 0.2) is 0 Å². The summed E-state index contributed by atoms with van der Waals surface area (Å²) in [7, 11) is 1.09. The molecule has 3 nitrogen and oxygen atoms in total. The third kappa shape index (κ3) is 3.10. The highest BCUT2D eigenvalue weighted by Crippen LogP contribution is 2.32. The maximum absolute atomic E-state index is 12.5. The van der Waals surface area contributed by atoms with Crippen molar-refractivity contribution in [2.24, 2.45) is 0 Å². The van der Waals surface area contributed by atoms with Gasteiger partial charge in [-0.2, -0.15) is 13.2 Å². The van der Waals surface area contributed by atoms with Crippen LogP contribution in [0.25, 0.3) is 0 Å². The van der Waals surface area contributed by atoms with Gasteiger partial charge in [0, 0.05) is 6.20 Å². The molecule has 1 aromatic heterocycles. The minimum atomic E-state index is -4.60. The van der Waals surface area contributed by atoms with Crippen molar-refractivity contribution in [1.29, 1.82) is 0 Å². The lowest BCUT2D eigenvalue weighted by Gasteiger charge is -2.11. The molecule has 0 spiro atoms. The molecule has 0 aliphatic heterocycles. The summed E-state index contributed by atoms with van der Waals surface area (Å²) in [5, 5.41) is -0.138. The zero-order valence-corrected chi connectivity index (χ0v) is 8.89. The van der Waals surface area contributed by atoms with E-state index >= 15 is 0 Å². The van der Waals surface area contributed by atoms with Crippen LogP contribution < -0.4 is 0 Å². The summed E-state index contributed by atoms with van der Waals surface area (Å²) in [5.74, 6) is -0.791. The van der Waals surface area contributed by atoms with Crippen LogP contribution in [0.3, 0.4) is 0 Å². The molecule has 0 saturated carbocycles. The number of carbonyl (C=O) groups is 1.